The Morgan fingerprint density at radius 1 is 1.21 bits per heavy atom. The highest BCUT2D eigenvalue weighted by atomic mass is 35.5. The minimum atomic E-state index is -4.50. The van der Waals surface area contributed by atoms with Gasteiger partial charge in [0.2, 0.25) is 0 Å². The van der Waals surface area contributed by atoms with E-state index in [2.05, 4.69) is 16.6 Å². The van der Waals surface area contributed by atoms with E-state index in [4.69, 9.17) is 21.1 Å². The lowest BCUT2D eigenvalue weighted by molar-refractivity contribution is -0.0924. The predicted molar refractivity (Wildman–Crippen MR) is 129 cm³/mol. The number of allylic oxidation sites excluding steroid dienone is 2. The Bertz CT molecular complexity index is 901. The van der Waals surface area contributed by atoms with Gasteiger partial charge in [-0.3, -0.25) is 0 Å². The Labute approximate surface area is 199 Å². The SMILES string of the molecule is C=C(OCc1ccc(C(=N/C(=C\C)C(F)(F)F)C(C)CC)cc1)/C(=C\N=C(Cl)CCC)OC. The number of hydrogen-bond donors (Lipinski definition) is 0. The third kappa shape index (κ3) is 9.46. The smallest absolute Gasteiger partial charge is 0.433 e. The quantitative estimate of drug-likeness (QED) is 0.172. The average molecular weight is 485 g/mol. The van der Waals surface area contributed by atoms with Crippen LogP contribution in [0.15, 0.2) is 70.3 Å². The highest BCUT2D eigenvalue weighted by Crippen LogP contribution is 2.28. The standard InChI is InChI=1S/C25H32ClF3N2O2/c1-7-10-23(26)30-15-21(32-6)18(5)33-16-19-11-13-20(14-12-19)24(17(4)8-2)31-22(9-3)25(27,28)29/h9,11-15,17H,5,7-8,10,16H2,1-4,6H3/b21-15+,22-9-,30-23?,31-24?. The van der Waals surface area contributed by atoms with Crippen molar-refractivity contribution in [3.8, 4) is 0 Å². The molecular weight excluding hydrogens is 453 g/mol. The molecule has 8 heteroatoms. The van der Waals surface area contributed by atoms with E-state index in [0.29, 0.717) is 35.0 Å². The minimum absolute atomic E-state index is 0.140. The summed E-state index contributed by atoms with van der Waals surface area (Å²) in [7, 11) is 1.48. The van der Waals surface area contributed by atoms with Crippen molar-refractivity contribution in [3.05, 3.63) is 71.5 Å². The lowest BCUT2D eigenvalue weighted by Crippen LogP contribution is -2.17. The van der Waals surface area contributed by atoms with Gasteiger partial charge in [0.15, 0.2) is 11.5 Å². The molecule has 0 aliphatic rings. The van der Waals surface area contributed by atoms with Crippen molar-refractivity contribution in [2.75, 3.05) is 7.11 Å². The minimum Gasteiger partial charge on any atom is -0.491 e. The van der Waals surface area contributed by atoms with Crippen molar-refractivity contribution in [2.45, 2.75) is 59.7 Å². The van der Waals surface area contributed by atoms with E-state index < -0.39 is 11.9 Å². The second kappa shape index (κ2) is 13.9. The van der Waals surface area contributed by atoms with Gasteiger partial charge >= 0.3 is 6.18 Å². The lowest BCUT2D eigenvalue weighted by atomic mass is 9.95. The molecule has 0 heterocycles. The summed E-state index contributed by atoms with van der Waals surface area (Å²) in [5.74, 6) is 0.493. The number of ether oxygens (including phenoxy) is 2. The summed E-state index contributed by atoms with van der Waals surface area (Å²) < 4.78 is 50.5. The van der Waals surface area contributed by atoms with Gasteiger partial charge in [0.05, 0.1) is 19.0 Å². The number of methoxy groups -OCH3 is 1. The predicted octanol–water partition coefficient (Wildman–Crippen LogP) is 7.94. The summed E-state index contributed by atoms with van der Waals surface area (Å²) in [6.07, 6.45) is 0.138. The fourth-order valence-electron chi connectivity index (χ4n) is 2.73. The molecule has 0 aliphatic heterocycles. The van der Waals surface area contributed by atoms with Gasteiger partial charge < -0.3 is 9.47 Å². The lowest BCUT2D eigenvalue weighted by Gasteiger charge is -2.16. The number of aliphatic imine (C=N–C) groups is 2. The average Bonchev–Trinajstić information content (AvgIpc) is 2.78. The summed E-state index contributed by atoms with van der Waals surface area (Å²) in [6.45, 7) is 11.2. The first-order valence-corrected chi connectivity index (χ1v) is 11.1. The van der Waals surface area contributed by atoms with Gasteiger partial charge in [-0.1, -0.05) is 69.3 Å². The van der Waals surface area contributed by atoms with Gasteiger partial charge in [-0.05, 0) is 36.8 Å². The fraction of sp³-hybridized carbons (Fsp3) is 0.440. The Kier molecular flexibility index (Phi) is 12.0. The van der Waals surface area contributed by atoms with E-state index in [-0.39, 0.29) is 18.3 Å². The monoisotopic (exact) mass is 484 g/mol. The molecule has 0 fully saturated rings. The van der Waals surface area contributed by atoms with Crippen LogP contribution in [0.2, 0.25) is 0 Å². The van der Waals surface area contributed by atoms with Gasteiger partial charge in [-0.15, -0.1) is 0 Å². The van der Waals surface area contributed by atoms with Crippen molar-refractivity contribution in [2.24, 2.45) is 15.9 Å². The zero-order valence-corrected chi connectivity index (χ0v) is 20.6. The molecule has 0 N–H and O–H groups in total. The third-order valence-corrected chi connectivity index (χ3v) is 5.11. The fourth-order valence-corrected chi connectivity index (χ4v) is 2.96. The van der Waals surface area contributed by atoms with Gasteiger partial charge in [0, 0.05) is 6.42 Å². The maximum absolute atomic E-state index is 13.2. The van der Waals surface area contributed by atoms with E-state index in [1.165, 1.54) is 20.2 Å². The second-order valence-corrected chi connectivity index (χ2v) is 7.78. The summed E-state index contributed by atoms with van der Waals surface area (Å²) in [6, 6.07) is 7.07. The highest BCUT2D eigenvalue weighted by Gasteiger charge is 2.33. The Hall–Kier alpha value is -2.54. The van der Waals surface area contributed by atoms with Crippen molar-refractivity contribution in [1.82, 2.24) is 0 Å². The van der Waals surface area contributed by atoms with Gasteiger partial charge in [0.1, 0.15) is 17.5 Å². The number of alkyl halides is 3. The normalized spacial score (nSPS) is 14.8. The van der Waals surface area contributed by atoms with Crippen LogP contribution in [0.5, 0.6) is 0 Å². The molecule has 1 atom stereocenters. The van der Waals surface area contributed by atoms with Crippen molar-refractivity contribution < 1.29 is 22.6 Å². The molecule has 1 rings (SSSR count). The second-order valence-electron chi connectivity index (χ2n) is 7.34. The number of rotatable bonds is 12. The molecule has 4 nitrogen and oxygen atoms in total. The molecular formula is C25H32ClF3N2O2. The molecule has 0 spiro atoms. The molecule has 1 aromatic carbocycles. The molecule has 33 heavy (non-hydrogen) atoms. The summed E-state index contributed by atoms with van der Waals surface area (Å²) in [5.41, 5.74) is 0.940. The molecule has 0 amide bonds. The van der Waals surface area contributed by atoms with Crippen molar-refractivity contribution >= 4 is 22.5 Å². The topological polar surface area (TPSA) is 43.2 Å². The highest BCUT2D eigenvalue weighted by molar-refractivity contribution is 6.65. The molecule has 0 aromatic heterocycles. The first kappa shape index (κ1) is 28.5. The molecule has 0 saturated heterocycles. The summed E-state index contributed by atoms with van der Waals surface area (Å²) in [5, 5.41) is 0.459. The largest absolute Gasteiger partial charge is 0.491 e. The number of nitrogens with zero attached hydrogens (tertiary/aromatic N) is 2. The van der Waals surface area contributed by atoms with Crippen LogP contribution in [0.3, 0.4) is 0 Å². The number of benzene rings is 1. The molecule has 0 saturated carbocycles. The Morgan fingerprint density at radius 2 is 1.85 bits per heavy atom. The van der Waals surface area contributed by atoms with E-state index >= 15 is 0 Å². The van der Waals surface area contributed by atoms with Crippen LogP contribution in [-0.4, -0.2) is 24.2 Å². The van der Waals surface area contributed by atoms with Crippen LogP contribution in [0, 0.1) is 5.92 Å². The Morgan fingerprint density at radius 3 is 2.33 bits per heavy atom. The van der Waals surface area contributed by atoms with Crippen LogP contribution in [0.25, 0.3) is 0 Å². The van der Waals surface area contributed by atoms with E-state index in [9.17, 15) is 13.2 Å². The van der Waals surface area contributed by atoms with Crippen LogP contribution in [0.4, 0.5) is 13.2 Å². The first-order valence-electron chi connectivity index (χ1n) is 10.8. The zero-order chi connectivity index (χ0) is 25.0. The molecule has 0 bridgehead atoms. The molecule has 182 valence electrons. The maximum atomic E-state index is 13.2. The van der Waals surface area contributed by atoms with Crippen LogP contribution in [0.1, 0.15) is 58.1 Å². The molecule has 1 unspecified atom stereocenters. The van der Waals surface area contributed by atoms with E-state index in [0.717, 1.165) is 18.1 Å². The van der Waals surface area contributed by atoms with Gasteiger partial charge in [-0.25, -0.2) is 9.98 Å². The zero-order valence-electron chi connectivity index (χ0n) is 19.8. The van der Waals surface area contributed by atoms with E-state index in [1.54, 1.807) is 24.3 Å². The van der Waals surface area contributed by atoms with Crippen molar-refractivity contribution in [1.29, 1.82) is 0 Å². The third-order valence-electron chi connectivity index (χ3n) is 4.82. The summed E-state index contributed by atoms with van der Waals surface area (Å²) in [4.78, 5) is 8.07. The van der Waals surface area contributed by atoms with Crippen molar-refractivity contribution in [3.63, 3.8) is 0 Å². The van der Waals surface area contributed by atoms with Gasteiger partial charge in [0.25, 0.3) is 0 Å². The Balaban J connectivity index is 3.00. The molecule has 0 aliphatic carbocycles. The maximum Gasteiger partial charge on any atom is 0.433 e. The molecule has 0 radical (unpaired) electrons. The summed E-state index contributed by atoms with van der Waals surface area (Å²) >= 11 is 6.00. The first-order chi connectivity index (χ1) is 15.6. The number of hydrogen-bond acceptors (Lipinski definition) is 4. The molecule has 1 aromatic rings. The van der Waals surface area contributed by atoms with Crippen LogP contribution >= 0.6 is 11.6 Å². The van der Waals surface area contributed by atoms with Crippen LogP contribution in [-0.2, 0) is 16.1 Å². The van der Waals surface area contributed by atoms with E-state index in [1.807, 2.05) is 20.8 Å². The van der Waals surface area contributed by atoms with Crippen LogP contribution < -0.4 is 0 Å². The number of halogens is 4. The van der Waals surface area contributed by atoms with Gasteiger partial charge in [-0.2, -0.15) is 13.2 Å².